The number of aromatic nitrogens is 2. The van der Waals surface area contributed by atoms with Gasteiger partial charge in [-0.2, -0.15) is 0 Å². The molecule has 0 aliphatic rings. The van der Waals surface area contributed by atoms with Crippen LogP contribution in [-0.4, -0.2) is 41.4 Å². The fourth-order valence-corrected chi connectivity index (χ4v) is 1.40. The van der Waals surface area contributed by atoms with Gasteiger partial charge in [-0.1, -0.05) is 0 Å². The molecule has 15 heavy (non-hydrogen) atoms. The van der Waals surface area contributed by atoms with Gasteiger partial charge in [-0.3, -0.25) is 4.79 Å². The highest BCUT2D eigenvalue weighted by Crippen LogP contribution is 2.07. The Hall–Kier alpha value is -0.670. The predicted molar refractivity (Wildman–Crippen MR) is 64.0 cm³/mol. The Morgan fingerprint density at radius 3 is 3.13 bits per heavy atom. The van der Waals surface area contributed by atoms with Crippen LogP contribution in [0.3, 0.4) is 0 Å². The van der Waals surface area contributed by atoms with Crippen molar-refractivity contribution < 1.29 is 9.84 Å². The molecule has 0 aromatic carbocycles. The molecule has 0 spiro atoms. The van der Waals surface area contributed by atoms with E-state index in [1.165, 1.54) is 6.33 Å². The van der Waals surface area contributed by atoms with E-state index in [0.717, 1.165) is 0 Å². The van der Waals surface area contributed by atoms with Crippen molar-refractivity contribution in [2.24, 2.45) is 0 Å². The van der Waals surface area contributed by atoms with Gasteiger partial charge in [-0.25, -0.2) is 4.98 Å². The van der Waals surface area contributed by atoms with E-state index >= 15 is 0 Å². The topological polar surface area (TPSA) is 87.2 Å². The highest BCUT2D eigenvalue weighted by molar-refractivity contribution is 14.1. The van der Waals surface area contributed by atoms with E-state index in [9.17, 15) is 4.79 Å². The number of hydrogen-bond donors (Lipinski definition) is 3. The molecule has 0 unspecified atom stereocenters. The Kier molecular flexibility index (Phi) is 5.58. The molecule has 0 aliphatic heterocycles. The number of rotatable bonds is 6. The normalized spacial score (nSPS) is 10.3. The third-order valence-electron chi connectivity index (χ3n) is 1.57. The number of halogens is 1. The molecule has 6 nitrogen and oxygen atoms in total. The molecule has 0 atom stereocenters. The zero-order valence-electron chi connectivity index (χ0n) is 7.99. The van der Waals surface area contributed by atoms with E-state index in [4.69, 9.17) is 9.84 Å². The van der Waals surface area contributed by atoms with Gasteiger partial charge in [0, 0.05) is 6.54 Å². The van der Waals surface area contributed by atoms with Crippen LogP contribution < -0.4 is 10.9 Å². The SMILES string of the molecule is O=c1[nH]cnc(NCCOCCO)c1I. The van der Waals surface area contributed by atoms with Crippen molar-refractivity contribution in [3.05, 3.63) is 20.3 Å². The van der Waals surface area contributed by atoms with Crippen LogP contribution in [0.2, 0.25) is 0 Å². The maximum Gasteiger partial charge on any atom is 0.266 e. The first-order chi connectivity index (χ1) is 7.25. The Labute approximate surface area is 100 Å². The van der Waals surface area contributed by atoms with E-state index in [-0.39, 0.29) is 12.2 Å². The molecule has 0 saturated carbocycles. The van der Waals surface area contributed by atoms with Gasteiger partial charge < -0.3 is 20.1 Å². The Balaban J connectivity index is 2.38. The van der Waals surface area contributed by atoms with Crippen LogP contribution in [0.4, 0.5) is 5.82 Å². The summed E-state index contributed by atoms with van der Waals surface area (Å²) in [5.41, 5.74) is -0.163. The van der Waals surface area contributed by atoms with Crippen molar-refractivity contribution in [2.45, 2.75) is 0 Å². The molecule has 7 heteroatoms. The fourth-order valence-electron chi connectivity index (χ4n) is 0.914. The van der Waals surface area contributed by atoms with Crippen LogP contribution in [0.5, 0.6) is 0 Å². The average molecular weight is 325 g/mol. The molecule has 1 aromatic rings. The molecule has 0 fully saturated rings. The molecule has 1 rings (SSSR count). The van der Waals surface area contributed by atoms with Crippen LogP contribution in [0.1, 0.15) is 0 Å². The molecule has 0 aliphatic carbocycles. The summed E-state index contributed by atoms with van der Waals surface area (Å²) in [4.78, 5) is 17.6. The van der Waals surface area contributed by atoms with Crippen LogP contribution in [0, 0.1) is 3.57 Å². The highest BCUT2D eigenvalue weighted by atomic mass is 127. The van der Waals surface area contributed by atoms with E-state index in [1.807, 2.05) is 22.6 Å². The summed E-state index contributed by atoms with van der Waals surface area (Å²) in [7, 11) is 0. The van der Waals surface area contributed by atoms with Crippen LogP contribution in [0.25, 0.3) is 0 Å². The lowest BCUT2D eigenvalue weighted by Crippen LogP contribution is -2.17. The largest absolute Gasteiger partial charge is 0.394 e. The van der Waals surface area contributed by atoms with Gasteiger partial charge in [-0.05, 0) is 22.6 Å². The van der Waals surface area contributed by atoms with Crippen LogP contribution in [0.15, 0.2) is 11.1 Å². The maximum absolute atomic E-state index is 11.2. The van der Waals surface area contributed by atoms with Crippen molar-refractivity contribution in [3.8, 4) is 0 Å². The van der Waals surface area contributed by atoms with E-state index in [0.29, 0.717) is 29.1 Å². The molecule has 1 heterocycles. The second-order valence-electron chi connectivity index (χ2n) is 2.66. The molecule has 1 aromatic heterocycles. The minimum absolute atomic E-state index is 0.0147. The summed E-state index contributed by atoms with van der Waals surface area (Å²) in [6.45, 7) is 1.35. The standard InChI is InChI=1S/C8H12IN3O3/c9-6-7(11-5-12-8(6)14)10-1-3-15-4-2-13/h5,13H,1-4H2,(H2,10,11,12,14). The van der Waals surface area contributed by atoms with E-state index < -0.39 is 0 Å². The molecular weight excluding hydrogens is 313 g/mol. The van der Waals surface area contributed by atoms with Gasteiger partial charge in [0.05, 0.1) is 26.1 Å². The Bertz CT molecular complexity index is 355. The van der Waals surface area contributed by atoms with Gasteiger partial charge in [0.1, 0.15) is 9.39 Å². The summed E-state index contributed by atoms with van der Waals surface area (Å²) in [5.74, 6) is 0.548. The number of ether oxygens (including phenoxy) is 1. The molecule has 0 radical (unpaired) electrons. The smallest absolute Gasteiger partial charge is 0.266 e. The van der Waals surface area contributed by atoms with Crippen molar-refractivity contribution in [2.75, 3.05) is 31.7 Å². The number of aliphatic hydroxyl groups is 1. The molecular formula is C8H12IN3O3. The number of nitrogens with zero attached hydrogens (tertiary/aromatic N) is 1. The lowest BCUT2D eigenvalue weighted by Gasteiger charge is -2.06. The summed E-state index contributed by atoms with van der Waals surface area (Å²) < 4.78 is 5.57. The Morgan fingerprint density at radius 2 is 2.40 bits per heavy atom. The van der Waals surface area contributed by atoms with Crippen molar-refractivity contribution in [1.29, 1.82) is 0 Å². The first kappa shape index (κ1) is 12.4. The minimum atomic E-state index is -0.163. The zero-order valence-corrected chi connectivity index (χ0v) is 10.2. The minimum Gasteiger partial charge on any atom is -0.394 e. The van der Waals surface area contributed by atoms with Crippen molar-refractivity contribution >= 4 is 28.4 Å². The van der Waals surface area contributed by atoms with Gasteiger partial charge in [-0.15, -0.1) is 0 Å². The number of aliphatic hydroxyl groups excluding tert-OH is 1. The number of nitrogens with one attached hydrogen (secondary N) is 2. The predicted octanol–water partition coefficient (Wildman–Crippen LogP) is -0.205. The number of anilines is 1. The molecule has 0 saturated heterocycles. The third-order valence-corrected chi connectivity index (χ3v) is 2.57. The lowest BCUT2D eigenvalue weighted by atomic mass is 10.5. The zero-order chi connectivity index (χ0) is 11.1. The summed E-state index contributed by atoms with van der Waals surface area (Å²) in [6, 6.07) is 0. The quantitative estimate of drug-likeness (QED) is 0.498. The molecule has 0 amide bonds. The summed E-state index contributed by atoms with van der Waals surface area (Å²) in [5, 5.41) is 11.4. The summed E-state index contributed by atoms with van der Waals surface area (Å²) in [6.07, 6.45) is 1.35. The van der Waals surface area contributed by atoms with Gasteiger partial charge >= 0.3 is 0 Å². The number of hydrogen-bond acceptors (Lipinski definition) is 5. The Morgan fingerprint density at radius 1 is 1.60 bits per heavy atom. The van der Waals surface area contributed by atoms with Crippen molar-refractivity contribution in [1.82, 2.24) is 9.97 Å². The van der Waals surface area contributed by atoms with E-state index in [1.54, 1.807) is 0 Å². The molecule has 84 valence electrons. The fraction of sp³-hybridized carbons (Fsp3) is 0.500. The van der Waals surface area contributed by atoms with Crippen LogP contribution in [-0.2, 0) is 4.74 Å². The number of aromatic amines is 1. The van der Waals surface area contributed by atoms with Gasteiger partial charge in [0.15, 0.2) is 0 Å². The third kappa shape index (κ3) is 4.14. The lowest BCUT2D eigenvalue weighted by molar-refractivity contribution is 0.0992. The first-order valence-corrected chi connectivity index (χ1v) is 5.49. The van der Waals surface area contributed by atoms with Crippen molar-refractivity contribution in [3.63, 3.8) is 0 Å². The average Bonchev–Trinajstić information content (AvgIpc) is 2.24. The second kappa shape index (κ2) is 6.75. The van der Waals surface area contributed by atoms with Gasteiger partial charge in [0.25, 0.3) is 5.56 Å². The van der Waals surface area contributed by atoms with Crippen LogP contribution >= 0.6 is 22.6 Å². The molecule has 0 bridgehead atoms. The maximum atomic E-state index is 11.2. The summed E-state index contributed by atoms with van der Waals surface area (Å²) >= 11 is 1.92. The van der Waals surface area contributed by atoms with E-state index in [2.05, 4.69) is 15.3 Å². The monoisotopic (exact) mass is 325 g/mol. The first-order valence-electron chi connectivity index (χ1n) is 4.41. The highest BCUT2D eigenvalue weighted by Gasteiger charge is 2.03. The van der Waals surface area contributed by atoms with Gasteiger partial charge in [0.2, 0.25) is 0 Å². The number of H-pyrrole nitrogens is 1. The molecule has 3 N–H and O–H groups in total. The second-order valence-corrected chi connectivity index (χ2v) is 3.74.